The van der Waals surface area contributed by atoms with Crippen LogP contribution in [-0.4, -0.2) is 44.2 Å². The molecule has 7 nitrogen and oxygen atoms in total. The van der Waals surface area contributed by atoms with Gasteiger partial charge in [0.05, 0.1) is 41.9 Å². The van der Waals surface area contributed by atoms with Gasteiger partial charge in [0, 0.05) is 48.6 Å². The summed E-state index contributed by atoms with van der Waals surface area (Å²) in [5.74, 6) is 0.0529. The van der Waals surface area contributed by atoms with E-state index in [1.165, 1.54) is 0 Å². The molecule has 3 heterocycles. The maximum absolute atomic E-state index is 13.1. The van der Waals surface area contributed by atoms with Crippen molar-refractivity contribution in [1.82, 2.24) is 24.7 Å². The Bertz CT molecular complexity index is 1200. The van der Waals surface area contributed by atoms with Crippen molar-refractivity contribution in [3.8, 4) is 11.3 Å². The molecular weight excluding hydrogens is 390 g/mol. The first kappa shape index (κ1) is 20.8. The van der Waals surface area contributed by atoms with Crippen LogP contribution in [0.4, 0.5) is 0 Å². The predicted octanol–water partition coefficient (Wildman–Crippen LogP) is 3.97. The molecule has 7 heteroatoms. The molecule has 0 unspecified atom stereocenters. The number of benzene rings is 1. The van der Waals surface area contributed by atoms with Crippen molar-refractivity contribution < 1.29 is 9.53 Å². The molecule has 0 saturated heterocycles. The second kappa shape index (κ2) is 9.14. The van der Waals surface area contributed by atoms with Crippen molar-refractivity contribution >= 4 is 16.7 Å². The zero-order valence-electron chi connectivity index (χ0n) is 18.0. The molecule has 0 bridgehead atoms. The first-order valence-electron chi connectivity index (χ1n) is 10.3. The number of hydrogen-bond donors (Lipinski definition) is 0. The molecule has 0 fully saturated rings. The topological polar surface area (TPSA) is 82.8 Å². The van der Waals surface area contributed by atoms with Gasteiger partial charge < -0.3 is 4.74 Å². The predicted molar refractivity (Wildman–Crippen MR) is 119 cm³/mol. The van der Waals surface area contributed by atoms with Crippen LogP contribution < -0.4 is 0 Å². The maximum atomic E-state index is 13.1. The minimum atomic E-state index is 0.0529. The summed E-state index contributed by atoms with van der Waals surface area (Å²) >= 11 is 0. The monoisotopic (exact) mass is 415 g/mol. The lowest BCUT2D eigenvalue weighted by molar-refractivity contribution is 0.0982. The Morgan fingerprint density at radius 2 is 1.90 bits per heavy atom. The molecule has 0 aliphatic rings. The molecule has 3 aromatic heterocycles. The number of hydrogen-bond acceptors (Lipinski definition) is 6. The molecule has 0 saturated carbocycles. The zero-order chi connectivity index (χ0) is 21.8. The summed E-state index contributed by atoms with van der Waals surface area (Å²) in [5.41, 5.74) is 6.02. The molecular formula is C24H25N5O2. The van der Waals surface area contributed by atoms with Crippen LogP contribution >= 0.6 is 0 Å². The van der Waals surface area contributed by atoms with E-state index in [-0.39, 0.29) is 5.78 Å². The van der Waals surface area contributed by atoms with Gasteiger partial charge in [-0.3, -0.25) is 24.4 Å². The molecule has 4 rings (SSSR count). The third kappa shape index (κ3) is 4.67. The Hall–Kier alpha value is -3.45. The lowest BCUT2D eigenvalue weighted by Crippen LogP contribution is -2.07. The molecule has 0 N–H and O–H groups in total. The number of Topliss-reactive ketones (excluding diaryl/α,β-unsaturated/α-hetero) is 1. The Morgan fingerprint density at radius 1 is 1.03 bits per heavy atom. The lowest BCUT2D eigenvalue weighted by Gasteiger charge is -2.09. The van der Waals surface area contributed by atoms with Gasteiger partial charge in [-0.1, -0.05) is 6.07 Å². The molecule has 0 spiro atoms. The fourth-order valence-corrected chi connectivity index (χ4v) is 3.47. The van der Waals surface area contributed by atoms with Crippen LogP contribution in [0.3, 0.4) is 0 Å². The van der Waals surface area contributed by atoms with E-state index >= 15 is 0 Å². The number of fused-ring (bicyclic) bond motifs is 1. The third-order valence-electron chi connectivity index (χ3n) is 5.22. The number of aromatic nitrogens is 5. The highest BCUT2D eigenvalue weighted by Gasteiger charge is 2.16. The van der Waals surface area contributed by atoms with Crippen molar-refractivity contribution in [2.75, 3.05) is 13.7 Å². The molecule has 158 valence electrons. The van der Waals surface area contributed by atoms with Crippen LogP contribution in [0, 0.1) is 13.8 Å². The molecule has 1 aromatic carbocycles. The summed E-state index contributed by atoms with van der Waals surface area (Å²) in [6.07, 6.45) is 8.02. The number of aryl methyl sites for hydroxylation is 3. The third-order valence-corrected chi connectivity index (χ3v) is 5.22. The summed E-state index contributed by atoms with van der Waals surface area (Å²) in [5, 5.41) is 5.48. The second-order valence-electron chi connectivity index (χ2n) is 7.61. The fourth-order valence-electron chi connectivity index (χ4n) is 3.47. The number of ketones is 1. The first-order chi connectivity index (χ1) is 15.0. The standard InChI is InChI=1S/C24H25N5O2/c1-16-4-6-22(27-12-16)20-10-18(11-23-21(20)15-28-29(23)8-9-31-3)24(30)7-5-19-14-25-17(2)13-26-19/h4,6,10-15H,5,7-9H2,1-3H3. The van der Waals surface area contributed by atoms with E-state index in [0.717, 1.165) is 39.1 Å². The number of rotatable bonds is 8. The van der Waals surface area contributed by atoms with Gasteiger partial charge in [0.1, 0.15) is 0 Å². The van der Waals surface area contributed by atoms with Crippen LogP contribution in [0.25, 0.3) is 22.2 Å². The fraction of sp³-hybridized carbons (Fsp3) is 0.292. The molecule has 0 atom stereocenters. The first-order valence-corrected chi connectivity index (χ1v) is 10.3. The van der Waals surface area contributed by atoms with Crippen molar-refractivity contribution in [2.45, 2.75) is 33.2 Å². The Balaban J connectivity index is 1.70. The van der Waals surface area contributed by atoms with E-state index in [0.29, 0.717) is 31.6 Å². The minimum absolute atomic E-state index is 0.0529. The minimum Gasteiger partial charge on any atom is -0.383 e. The summed E-state index contributed by atoms with van der Waals surface area (Å²) in [4.78, 5) is 26.3. The largest absolute Gasteiger partial charge is 0.383 e. The van der Waals surface area contributed by atoms with Crippen molar-refractivity contribution in [2.24, 2.45) is 0 Å². The highest BCUT2D eigenvalue weighted by Crippen LogP contribution is 2.30. The molecule has 31 heavy (non-hydrogen) atoms. The number of pyridine rings is 1. The summed E-state index contributed by atoms with van der Waals surface area (Å²) in [6, 6.07) is 7.84. The van der Waals surface area contributed by atoms with Gasteiger partial charge in [-0.25, -0.2) is 0 Å². The zero-order valence-corrected chi connectivity index (χ0v) is 18.0. The average molecular weight is 415 g/mol. The Labute approximate surface area is 181 Å². The van der Waals surface area contributed by atoms with E-state index in [1.807, 2.05) is 55.2 Å². The molecule has 0 amide bonds. The van der Waals surface area contributed by atoms with Crippen molar-refractivity contribution in [3.05, 3.63) is 71.6 Å². The van der Waals surface area contributed by atoms with Gasteiger partial charge in [0.15, 0.2) is 5.78 Å². The van der Waals surface area contributed by atoms with E-state index in [4.69, 9.17) is 4.74 Å². The number of methoxy groups -OCH3 is 1. The quantitative estimate of drug-likeness (QED) is 0.405. The van der Waals surface area contributed by atoms with Crippen LogP contribution in [0.15, 0.2) is 49.1 Å². The van der Waals surface area contributed by atoms with E-state index < -0.39 is 0 Å². The van der Waals surface area contributed by atoms with Gasteiger partial charge >= 0.3 is 0 Å². The highest BCUT2D eigenvalue weighted by atomic mass is 16.5. The Morgan fingerprint density at radius 3 is 2.61 bits per heavy atom. The second-order valence-corrected chi connectivity index (χ2v) is 7.61. The van der Waals surface area contributed by atoms with E-state index in [9.17, 15) is 4.79 Å². The Kier molecular flexibility index (Phi) is 6.13. The number of carbonyl (C=O) groups is 1. The normalized spacial score (nSPS) is 11.2. The number of nitrogens with zero attached hydrogens (tertiary/aromatic N) is 5. The average Bonchev–Trinajstić information content (AvgIpc) is 3.20. The van der Waals surface area contributed by atoms with Crippen LogP contribution in [0.1, 0.15) is 33.7 Å². The summed E-state index contributed by atoms with van der Waals surface area (Å²) in [7, 11) is 1.66. The van der Waals surface area contributed by atoms with Crippen LogP contribution in [0.5, 0.6) is 0 Å². The summed E-state index contributed by atoms with van der Waals surface area (Å²) < 4.78 is 7.09. The van der Waals surface area contributed by atoms with Gasteiger partial charge in [-0.15, -0.1) is 0 Å². The number of ether oxygens (including phenoxy) is 1. The van der Waals surface area contributed by atoms with Gasteiger partial charge in [-0.05, 0) is 44.0 Å². The van der Waals surface area contributed by atoms with Crippen molar-refractivity contribution in [1.29, 1.82) is 0 Å². The van der Waals surface area contributed by atoms with E-state index in [2.05, 4.69) is 20.1 Å². The molecule has 0 aliphatic carbocycles. The SMILES string of the molecule is COCCn1ncc2c(-c3ccc(C)cn3)cc(C(=O)CCc3cnc(C)cn3)cc21. The van der Waals surface area contributed by atoms with Crippen LogP contribution in [-0.2, 0) is 17.7 Å². The van der Waals surface area contributed by atoms with Gasteiger partial charge in [0.2, 0.25) is 0 Å². The lowest BCUT2D eigenvalue weighted by atomic mass is 9.98. The van der Waals surface area contributed by atoms with Gasteiger partial charge in [-0.2, -0.15) is 5.10 Å². The van der Waals surface area contributed by atoms with Gasteiger partial charge in [0.25, 0.3) is 0 Å². The summed E-state index contributed by atoms with van der Waals surface area (Å²) in [6.45, 7) is 5.05. The highest BCUT2D eigenvalue weighted by molar-refractivity contribution is 6.04. The maximum Gasteiger partial charge on any atom is 0.163 e. The van der Waals surface area contributed by atoms with Crippen molar-refractivity contribution in [3.63, 3.8) is 0 Å². The molecule has 0 aliphatic heterocycles. The van der Waals surface area contributed by atoms with Crippen LogP contribution in [0.2, 0.25) is 0 Å². The smallest absolute Gasteiger partial charge is 0.163 e. The number of carbonyl (C=O) groups excluding carboxylic acids is 1. The molecule has 4 aromatic rings. The molecule has 0 radical (unpaired) electrons. The van der Waals surface area contributed by atoms with E-state index in [1.54, 1.807) is 19.5 Å².